The quantitative estimate of drug-likeness (QED) is 0.351. The minimum Gasteiger partial charge on any atom is -0.497 e. The van der Waals surface area contributed by atoms with E-state index in [1.807, 2.05) is 48.5 Å². The Kier molecular flexibility index (Phi) is 7.19. The Bertz CT molecular complexity index is 1380. The first-order valence-electron chi connectivity index (χ1n) is 10.9. The van der Waals surface area contributed by atoms with Crippen LogP contribution in [0.3, 0.4) is 0 Å². The molecule has 1 aromatic heterocycles. The van der Waals surface area contributed by atoms with Crippen LogP contribution in [0.5, 0.6) is 5.75 Å². The summed E-state index contributed by atoms with van der Waals surface area (Å²) in [6.07, 6.45) is 0.760. The lowest BCUT2D eigenvalue weighted by Crippen LogP contribution is -2.30. The maximum atomic E-state index is 13.3. The zero-order valence-corrected chi connectivity index (χ0v) is 20.7. The highest BCUT2D eigenvalue weighted by atomic mass is 32.2. The third kappa shape index (κ3) is 5.08. The number of fused-ring (bicyclic) bond motifs is 1. The van der Waals surface area contributed by atoms with Crippen LogP contribution >= 0.6 is 11.3 Å². The number of sulfonamides is 1. The fourth-order valence-corrected chi connectivity index (χ4v) is 6.14. The summed E-state index contributed by atoms with van der Waals surface area (Å²) in [6, 6.07) is 23.6. The molecule has 0 aliphatic carbocycles. The van der Waals surface area contributed by atoms with E-state index < -0.39 is 10.0 Å². The number of nitrogens with one attached hydrogen (secondary N) is 1. The van der Waals surface area contributed by atoms with Crippen molar-refractivity contribution in [3.05, 3.63) is 89.3 Å². The van der Waals surface area contributed by atoms with E-state index in [0.29, 0.717) is 22.9 Å². The van der Waals surface area contributed by atoms with Crippen molar-refractivity contribution in [2.45, 2.75) is 18.2 Å². The van der Waals surface area contributed by atoms with Gasteiger partial charge in [0.2, 0.25) is 0 Å². The van der Waals surface area contributed by atoms with E-state index >= 15 is 0 Å². The summed E-state index contributed by atoms with van der Waals surface area (Å²) in [5.74, 6) is 0.466. The molecule has 6 nitrogen and oxygen atoms in total. The lowest BCUT2D eigenvalue weighted by atomic mass is 10.1. The Morgan fingerprint density at radius 2 is 1.74 bits per heavy atom. The van der Waals surface area contributed by atoms with Gasteiger partial charge in [-0.3, -0.25) is 9.10 Å². The number of methoxy groups -OCH3 is 1. The van der Waals surface area contributed by atoms with Gasteiger partial charge in [0, 0.05) is 17.8 Å². The molecule has 0 fully saturated rings. The van der Waals surface area contributed by atoms with Gasteiger partial charge < -0.3 is 10.1 Å². The number of thiophene rings is 1. The number of nitrogens with zero attached hydrogens (tertiary/aromatic N) is 1. The number of hydrogen-bond acceptors (Lipinski definition) is 5. The van der Waals surface area contributed by atoms with E-state index in [4.69, 9.17) is 4.74 Å². The molecule has 0 radical (unpaired) electrons. The van der Waals surface area contributed by atoms with E-state index in [2.05, 4.69) is 5.32 Å². The van der Waals surface area contributed by atoms with Crippen LogP contribution < -0.4 is 14.4 Å². The Balaban J connectivity index is 1.52. The van der Waals surface area contributed by atoms with Crippen molar-refractivity contribution in [3.8, 4) is 5.75 Å². The normalized spacial score (nSPS) is 11.4. The summed E-state index contributed by atoms with van der Waals surface area (Å²) < 4.78 is 34.0. The van der Waals surface area contributed by atoms with Crippen LogP contribution in [0.15, 0.2) is 83.8 Å². The van der Waals surface area contributed by atoms with Gasteiger partial charge in [-0.2, -0.15) is 0 Å². The largest absolute Gasteiger partial charge is 0.497 e. The third-order valence-corrected chi connectivity index (χ3v) is 8.52. The molecule has 176 valence electrons. The van der Waals surface area contributed by atoms with E-state index in [1.165, 1.54) is 40.4 Å². The van der Waals surface area contributed by atoms with Crippen LogP contribution in [-0.4, -0.2) is 34.5 Å². The number of carbonyl (C=O) groups excluding carboxylic acids is 1. The molecule has 1 heterocycles. The van der Waals surface area contributed by atoms with Crippen molar-refractivity contribution >= 4 is 43.0 Å². The van der Waals surface area contributed by atoms with Crippen molar-refractivity contribution in [1.82, 2.24) is 5.32 Å². The highest BCUT2D eigenvalue weighted by Crippen LogP contribution is 2.32. The highest BCUT2D eigenvalue weighted by molar-refractivity contribution is 7.92. The lowest BCUT2D eigenvalue weighted by molar-refractivity contribution is 0.0958. The minimum atomic E-state index is -3.74. The molecule has 1 N–H and O–H groups in total. The van der Waals surface area contributed by atoms with Crippen LogP contribution in [0.25, 0.3) is 10.1 Å². The Morgan fingerprint density at radius 1 is 1.00 bits per heavy atom. The van der Waals surface area contributed by atoms with Gasteiger partial charge >= 0.3 is 0 Å². The SMILES string of the molecule is CCN(c1ccc2sc(C(=O)NCCc3ccccc3)cc2c1)S(=O)(=O)c1ccc(OC)cc1. The van der Waals surface area contributed by atoms with Crippen molar-refractivity contribution in [2.24, 2.45) is 0 Å². The van der Waals surface area contributed by atoms with E-state index in [1.54, 1.807) is 25.1 Å². The molecule has 0 aliphatic rings. The Labute approximate surface area is 203 Å². The predicted molar refractivity (Wildman–Crippen MR) is 138 cm³/mol. The third-order valence-electron chi connectivity index (χ3n) is 5.49. The van der Waals surface area contributed by atoms with Crippen LogP contribution in [0.1, 0.15) is 22.2 Å². The van der Waals surface area contributed by atoms with Crippen molar-refractivity contribution in [3.63, 3.8) is 0 Å². The Hall–Kier alpha value is -3.36. The van der Waals surface area contributed by atoms with Crippen molar-refractivity contribution < 1.29 is 17.9 Å². The second-order valence-corrected chi connectivity index (χ2v) is 10.6. The number of hydrogen-bond donors (Lipinski definition) is 1. The number of benzene rings is 3. The molecule has 3 aromatic carbocycles. The van der Waals surface area contributed by atoms with Gasteiger partial charge in [-0.1, -0.05) is 30.3 Å². The van der Waals surface area contributed by atoms with Crippen LogP contribution in [0.2, 0.25) is 0 Å². The summed E-state index contributed by atoms with van der Waals surface area (Å²) in [5.41, 5.74) is 1.72. The first kappa shape index (κ1) is 23.8. The maximum absolute atomic E-state index is 13.3. The summed E-state index contributed by atoms with van der Waals surface area (Å²) in [5, 5.41) is 3.80. The lowest BCUT2D eigenvalue weighted by Gasteiger charge is -2.23. The van der Waals surface area contributed by atoms with Crippen LogP contribution in [0.4, 0.5) is 5.69 Å². The fourth-order valence-electron chi connectivity index (χ4n) is 3.72. The standard InChI is InChI=1S/C26H26N2O4S2/c1-3-28(34(30,31)23-12-10-22(32-2)11-13-23)21-9-14-24-20(17-21)18-25(33-24)26(29)27-16-15-19-7-5-4-6-8-19/h4-14,17-18H,3,15-16H2,1-2H3,(H,27,29). The first-order chi connectivity index (χ1) is 16.4. The number of anilines is 1. The maximum Gasteiger partial charge on any atom is 0.264 e. The summed E-state index contributed by atoms with van der Waals surface area (Å²) in [4.78, 5) is 13.5. The average molecular weight is 495 g/mol. The fraction of sp³-hybridized carbons (Fsp3) is 0.192. The second kappa shape index (κ2) is 10.3. The van der Waals surface area contributed by atoms with Gasteiger partial charge in [-0.25, -0.2) is 8.42 Å². The molecule has 0 saturated carbocycles. The zero-order valence-electron chi connectivity index (χ0n) is 19.0. The molecule has 4 aromatic rings. The van der Waals surface area contributed by atoms with Crippen LogP contribution in [-0.2, 0) is 16.4 Å². The average Bonchev–Trinajstić information content (AvgIpc) is 3.29. The molecule has 8 heteroatoms. The number of carbonyl (C=O) groups is 1. The van der Waals surface area contributed by atoms with Gasteiger partial charge in [-0.15, -0.1) is 11.3 Å². The molecule has 0 aliphatic heterocycles. The van der Waals surface area contributed by atoms with Crippen LogP contribution in [0, 0.1) is 0 Å². The van der Waals surface area contributed by atoms with E-state index in [-0.39, 0.29) is 17.3 Å². The Morgan fingerprint density at radius 3 is 2.41 bits per heavy atom. The van der Waals surface area contributed by atoms with Crippen molar-refractivity contribution in [2.75, 3.05) is 24.5 Å². The molecule has 0 saturated heterocycles. The molecule has 34 heavy (non-hydrogen) atoms. The molecule has 0 unspecified atom stereocenters. The smallest absolute Gasteiger partial charge is 0.264 e. The van der Waals surface area contributed by atoms with E-state index in [0.717, 1.165) is 16.5 Å². The van der Waals surface area contributed by atoms with Gasteiger partial charge in [0.1, 0.15) is 5.75 Å². The molecule has 0 spiro atoms. The number of amides is 1. The van der Waals surface area contributed by atoms with Gasteiger partial charge in [-0.05, 0) is 72.8 Å². The second-order valence-electron chi connectivity index (χ2n) is 7.67. The predicted octanol–water partition coefficient (Wildman–Crippen LogP) is 5.10. The molecule has 4 rings (SSSR count). The van der Waals surface area contributed by atoms with Crippen molar-refractivity contribution in [1.29, 1.82) is 0 Å². The summed E-state index contributed by atoms with van der Waals surface area (Å²) in [7, 11) is -2.21. The first-order valence-corrected chi connectivity index (χ1v) is 13.2. The topological polar surface area (TPSA) is 75.7 Å². The summed E-state index contributed by atoms with van der Waals surface area (Å²) >= 11 is 1.39. The molecular formula is C26H26N2O4S2. The molecule has 0 bridgehead atoms. The number of rotatable bonds is 9. The van der Waals surface area contributed by atoms with Gasteiger partial charge in [0.05, 0.1) is 22.6 Å². The molecule has 1 amide bonds. The van der Waals surface area contributed by atoms with Gasteiger partial charge in [0.25, 0.3) is 15.9 Å². The monoisotopic (exact) mass is 494 g/mol. The molecular weight excluding hydrogens is 468 g/mol. The summed E-state index contributed by atoms with van der Waals surface area (Å²) in [6.45, 7) is 2.62. The van der Waals surface area contributed by atoms with Gasteiger partial charge in [0.15, 0.2) is 0 Å². The minimum absolute atomic E-state index is 0.128. The number of ether oxygens (including phenoxy) is 1. The highest BCUT2D eigenvalue weighted by Gasteiger charge is 2.24. The molecule has 0 atom stereocenters. The van der Waals surface area contributed by atoms with E-state index in [9.17, 15) is 13.2 Å². The zero-order chi connectivity index (χ0) is 24.1.